The first kappa shape index (κ1) is 25.8. The lowest BCUT2D eigenvalue weighted by atomic mass is 10.1. The molecule has 1 unspecified atom stereocenters. The van der Waals surface area contributed by atoms with Crippen LogP contribution in [-0.4, -0.2) is 34.9 Å². The fraction of sp³-hybridized carbons (Fsp3) is 0.440. The largest absolute Gasteiger partial charge is 0.484 e. The van der Waals surface area contributed by atoms with E-state index in [1.165, 1.54) is 17.0 Å². The maximum absolute atomic E-state index is 13.4. The lowest BCUT2D eigenvalue weighted by Crippen LogP contribution is -2.54. The van der Waals surface area contributed by atoms with E-state index in [0.717, 1.165) is 21.2 Å². The van der Waals surface area contributed by atoms with Gasteiger partial charge in [-0.2, -0.15) is 0 Å². The van der Waals surface area contributed by atoms with Crippen molar-refractivity contribution < 1.29 is 18.7 Å². The van der Waals surface area contributed by atoms with Gasteiger partial charge in [0.05, 0.1) is 0 Å². The standard InChI is InChI=1S/C25H32BrFN2O3/c1-7-21(24(31)28-25(4,5)6)29(14-18-8-10-19(27)11-9-18)22(30)15-32-20-12-16(2)23(26)17(3)13-20/h8-13,21H,7,14-15H2,1-6H3,(H,28,31). The summed E-state index contributed by atoms with van der Waals surface area (Å²) in [7, 11) is 0. The first-order valence-corrected chi connectivity index (χ1v) is 11.5. The van der Waals surface area contributed by atoms with Gasteiger partial charge in [-0.05, 0) is 82.0 Å². The molecule has 0 aliphatic carbocycles. The third-order valence-corrected chi connectivity index (χ3v) is 6.17. The predicted molar refractivity (Wildman–Crippen MR) is 128 cm³/mol. The normalized spacial score (nSPS) is 12.2. The Morgan fingerprint density at radius 1 is 1.12 bits per heavy atom. The van der Waals surface area contributed by atoms with E-state index in [-0.39, 0.29) is 30.8 Å². The molecule has 1 atom stereocenters. The van der Waals surface area contributed by atoms with Gasteiger partial charge in [0.1, 0.15) is 17.6 Å². The van der Waals surface area contributed by atoms with Gasteiger partial charge in [0.25, 0.3) is 5.91 Å². The summed E-state index contributed by atoms with van der Waals surface area (Å²) < 4.78 is 20.1. The van der Waals surface area contributed by atoms with Crippen molar-refractivity contribution >= 4 is 27.7 Å². The minimum atomic E-state index is -0.677. The molecule has 32 heavy (non-hydrogen) atoms. The molecule has 0 heterocycles. The van der Waals surface area contributed by atoms with Gasteiger partial charge < -0.3 is 15.0 Å². The molecule has 2 rings (SSSR count). The second-order valence-corrected chi connectivity index (χ2v) is 9.76. The molecule has 2 aromatic carbocycles. The number of aryl methyl sites for hydroxylation is 2. The van der Waals surface area contributed by atoms with E-state index in [1.54, 1.807) is 12.1 Å². The second-order valence-electron chi connectivity index (χ2n) is 8.97. The molecular formula is C25H32BrFN2O3. The summed E-state index contributed by atoms with van der Waals surface area (Å²) in [6.45, 7) is 11.4. The second kappa shape index (κ2) is 10.9. The molecule has 1 N–H and O–H groups in total. The van der Waals surface area contributed by atoms with Crippen LogP contribution in [0.5, 0.6) is 5.75 Å². The van der Waals surface area contributed by atoms with Crippen molar-refractivity contribution in [3.05, 3.63) is 63.4 Å². The molecule has 0 aliphatic heterocycles. The highest BCUT2D eigenvalue weighted by Gasteiger charge is 2.31. The third kappa shape index (κ3) is 7.33. The summed E-state index contributed by atoms with van der Waals surface area (Å²) in [4.78, 5) is 27.7. The predicted octanol–water partition coefficient (Wildman–Crippen LogP) is 5.31. The van der Waals surface area contributed by atoms with E-state index >= 15 is 0 Å². The molecular weight excluding hydrogens is 475 g/mol. The van der Waals surface area contributed by atoms with E-state index in [1.807, 2.05) is 53.7 Å². The highest BCUT2D eigenvalue weighted by molar-refractivity contribution is 9.10. The highest BCUT2D eigenvalue weighted by atomic mass is 79.9. The van der Waals surface area contributed by atoms with Crippen molar-refractivity contribution in [1.82, 2.24) is 10.2 Å². The van der Waals surface area contributed by atoms with Gasteiger partial charge in [0.2, 0.25) is 5.91 Å². The SMILES string of the molecule is CCC(C(=O)NC(C)(C)C)N(Cc1ccc(F)cc1)C(=O)COc1cc(C)c(Br)c(C)c1. The van der Waals surface area contributed by atoms with Gasteiger partial charge in [-0.1, -0.05) is 35.0 Å². The lowest BCUT2D eigenvalue weighted by Gasteiger charge is -2.33. The van der Waals surface area contributed by atoms with E-state index in [4.69, 9.17) is 4.74 Å². The van der Waals surface area contributed by atoms with Crippen molar-refractivity contribution in [2.45, 2.75) is 66.1 Å². The first-order valence-electron chi connectivity index (χ1n) is 10.7. The van der Waals surface area contributed by atoms with Crippen molar-refractivity contribution in [2.24, 2.45) is 0 Å². The topological polar surface area (TPSA) is 58.6 Å². The molecule has 0 aromatic heterocycles. The number of amides is 2. The molecule has 0 spiro atoms. The number of ether oxygens (including phenoxy) is 1. The van der Waals surface area contributed by atoms with E-state index < -0.39 is 11.6 Å². The Morgan fingerprint density at radius 3 is 2.19 bits per heavy atom. The number of carbonyl (C=O) groups excluding carboxylic acids is 2. The summed E-state index contributed by atoms with van der Waals surface area (Å²) in [6, 6.07) is 8.97. The van der Waals surface area contributed by atoms with Crippen LogP contribution < -0.4 is 10.1 Å². The minimum absolute atomic E-state index is 0.178. The summed E-state index contributed by atoms with van der Waals surface area (Å²) in [5.41, 5.74) is 2.31. The maximum Gasteiger partial charge on any atom is 0.261 e. The van der Waals surface area contributed by atoms with E-state index in [2.05, 4.69) is 21.2 Å². The highest BCUT2D eigenvalue weighted by Crippen LogP contribution is 2.26. The average Bonchev–Trinajstić information content (AvgIpc) is 2.70. The van der Waals surface area contributed by atoms with Crippen LogP contribution in [0.2, 0.25) is 0 Å². The van der Waals surface area contributed by atoms with Crippen LogP contribution in [0, 0.1) is 19.7 Å². The van der Waals surface area contributed by atoms with Crippen molar-refractivity contribution in [3.8, 4) is 5.75 Å². The van der Waals surface area contributed by atoms with Gasteiger partial charge in [-0.25, -0.2) is 4.39 Å². The van der Waals surface area contributed by atoms with Crippen molar-refractivity contribution in [3.63, 3.8) is 0 Å². The Bertz CT molecular complexity index is 932. The smallest absolute Gasteiger partial charge is 0.261 e. The van der Waals surface area contributed by atoms with Gasteiger partial charge in [-0.3, -0.25) is 9.59 Å². The Balaban J connectivity index is 2.26. The molecule has 2 aromatic rings. The van der Waals surface area contributed by atoms with Gasteiger partial charge in [0.15, 0.2) is 6.61 Å². The molecule has 2 amide bonds. The molecule has 5 nitrogen and oxygen atoms in total. The van der Waals surface area contributed by atoms with Crippen LogP contribution >= 0.6 is 15.9 Å². The van der Waals surface area contributed by atoms with Crippen molar-refractivity contribution in [2.75, 3.05) is 6.61 Å². The number of halogens is 2. The number of nitrogens with zero attached hydrogens (tertiary/aromatic N) is 1. The molecule has 0 fully saturated rings. The summed E-state index contributed by atoms with van der Waals surface area (Å²) in [6.07, 6.45) is 0.436. The average molecular weight is 507 g/mol. The number of nitrogens with one attached hydrogen (secondary N) is 1. The van der Waals surface area contributed by atoms with E-state index in [0.29, 0.717) is 12.2 Å². The zero-order chi connectivity index (χ0) is 24.1. The Morgan fingerprint density at radius 2 is 1.69 bits per heavy atom. The fourth-order valence-electron chi connectivity index (χ4n) is 3.38. The molecule has 0 saturated heterocycles. The summed E-state index contributed by atoms with van der Waals surface area (Å²) >= 11 is 3.52. The Labute approximate surface area is 198 Å². The number of rotatable bonds is 8. The van der Waals surface area contributed by atoms with Gasteiger partial charge in [0, 0.05) is 16.6 Å². The molecule has 0 saturated carbocycles. The number of benzene rings is 2. The number of hydrogen-bond donors (Lipinski definition) is 1. The summed E-state index contributed by atoms with van der Waals surface area (Å²) in [5, 5.41) is 2.96. The number of carbonyl (C=O) groups is 2. The zero-order valence-corrected chi connectivity index (χ0v) is 21.2. The van der Waals surface area contributed by atoms with Crippen LogP contribution in [0.1, 0.15) is 50.8 Å². The van der Waals surface area contributed by atoms with Crippen LogP contribution in [0.4, 0.5) is 4.39 Å². The third-order valence-electron chi connectivity index (χ3n) is 4.92. The zero-order valence-electron chi connectivity index (χ0n) is 19.6. The quantitative estimate of drug-likeness (QED) is 0.527. The molecule has 0 bridgehead atoms. The molecule has 0 aliphatic rings. The molecule has 0 radical (unpaired) electrons. The minimum Gasteiger partial charge on any atom is -0.484 e. The van der Waals surface area contributed by atoms with Crippen LogP contribution in [0.25, 0.3) is 0 Å². The Kier molecular flexibility index (Phi) is 8.84. The number of hydrogen-bond acceptors (Lipinski definition) is 3. The van der Waals surface area contributed by atoms with Crippen LogP contribution in [0.15, 0.2) is 40.9 Å². The van der Waals surface area contributed by atoms with Crippen molar-refractivity contribution in [1.29, 1.82) is 0 Å². The van der Waals surface area contributed by atoms with Crippen LogP contribution in [0.3, 0.4) is 0 Å². The fourth-order valence-corrected chi connectivity index (χ4v) is 3.61. The van der Waals surface area contributed by atoms with Crippen LogP contribution in [-0.2, 0) is 16.1 Å². The molecule has 174 valence electrons. The Hall–Kier alpha value is -2.41. The monoisotopic (exact) mass is 506 g/mol. The molecule has 7 heteroatoms. The summed E-state index contributed by atoms with van der Waals surface area (Å²) in [5.74, 6) is -0.312. The van der Waals surface area contributed by atoms with Gasteiger partial charge >= 0.3 is 0 Å². The lowest BCUT2D eigenvalue weighted by molar-refractivity contribution is -0.143. The van der Waals surface area contributed by atoms with E-state index in [9.17, 15) is 14.0 Å². The first-order chi connectivity index (χ1) is 14.9. The van der Waals surface area contributed by atoms with Gasteiger partial charge in [-0.15, -0.1) is 0 Å². The maximum atomic E-state index is 13.4.